The number of hydrogen-bond acceptors (Lipinski definition) is 4. The van der Waals surface area contributed by atoms with Crippen molar-refractivity contribution in [2.45, 2.75) is 38.4 Å². The Morgan fingerprint density at radius 2 is 1.81 bits per heavy atom. The molecular weight excluding hydrogens is 369 g/mol. The molecular formula is C17H17F3N2O5. The summed E-state index contributed by atoms with van der Waals surface area (Å²) in [6.07, 6.45) is -5.15. The lowest BCUT2D eigenvalue weighted by atomic mass is 10.0. The van der Waals surface area contributed by atoms with E-state index in [0.717, 1.165) is 23.5 Å². The van der Waals surface area contributed by atoms with Crippen LogP contribution < -0.4 is 5.32 Å². The number of carboxylic acids is 1. The number of carbonyl (C=O) groups is 4. The van der Waals surface area contributed by atoms with Crippen molar-refractivity contribution < 1.29 is 37.5 Å². The van der Waals surface area contributed by atoms with E-state index in [9.17, 15) is 32.3 Å². The number of alkyl halides is 3. The number of amides is 3. The van der Waals surface area contributed by atoms with E-state index in [1.807, 2.05) is 6.92 Å². The van der Waals surface area contributed by atoms with E-state index in [1.54, 1.807) is 5.32 Å². The van der Waals surface area contributed by atoms with E-state index in [4.69, 9.17) is 5.11 Å². The van der Waals surface area contributed by atoms with E-state index in [0.29, 0.717) is 6.42 Å². The van der Waals surface area contributed by atoms with Gasteiger partial charge in [0.05, 0.1) is 17.5 Å². The maximum absolute atomic E-state index is 12.4. The number of unbranched alkanes of at least 4 members (excludes halogenated alkanes) is 1. The van der Waals surface area contributed by atoms with Crippen molar-refractivity contribution in [3.8, 4) is 0 Å². The van der Waals surface area contributed by atoms with Crippen molar-refractivity contribution >= 4 is 23.7 Å². The third kappa shape index (κ3) is 4.63. The summed E-state index contributed by atoms with van der Waals surface area (Å²) in [5.41, 5.74) is -0.148. The molecule has 1 unspecified atom stereocenters. The minimum Gasteiger partial charge on any atom is -0.480 e. The molecule has 146 valence electrons. The molecule has 10 heteroatoms. The number of carbonyl (C=O) groups excluding carboxylic acids is 3. The molecule has 0 aromatic heterocycles. The Bertz CT molecular complexity index is 791. The lowest BCUT2D eigenvalue weighted by Gasteiger charge is -2.16. The fourth-order valence-electron chi connectivity index (χ4n) is 2.62. The lowest BCUT2D eigenvalue weighted by molar-refractivity contribution is -0.157. The van der Waals surface area contributed by atoms with Crippen LogP contribution in [0.15, 0.2) is 18.2 Å². The third-order valence-electron chi connectivity index (χ3n) is 4.01. The summed E-state index contributed by atoms with van der Waals surface area (Å²) in [6.45, 7) is 2.11. The molecule has 0 saturated carbocycles. The van der Waals surface area contributed by atoms with Crippen LogP contribution in [0.3, 0.4) is 0 Å². The fourth-order valence-corrected chi connectivity index (χ4v) is 2.62. The number of nitrogens with zero attached hydrogens (tertiary/aromatic N) is 1. The van der Waals surface area contributed by atoms with E-state index in [2.05, 4.69) is 0 Å². The van der Waals surface area contributed by atoms with Gasteiger partial charge < -0.3 is 10.4 Å². The third-order valence-corrected chi connectivity index (χ3v) is 4.01. The second-order valence-electron chi connectivity index (χ2n) is 6.06. The van der Waals surface area contributed by atoms with Gasteiger partial charge in [0.15, 0.2) is 0 Å². The first-order valence-corrected chi connectivity index (χ1v) is 8.15. The van der Waals surface area contributed by atoms with Crippen molar-refractivity contribution in [2.24, 2.45) is 0 Å². The van der Waals surface area contributed by atoms with Crippen LogP contribution >= 0.6 is 0 Å². The molecule has 0 spiro atoms. The van der Waals surface area contributed by atoms with Gasteiger partial charge >= 0.3 is 12.1 Å². The summed E-state index contributed by atoms with van der Waals surface area (Å²) in [4.78, 5) is 48.7. The van der Waals surface area contributed by atoms with Crippen LogP contribution in [-0.2, 0) is 4.79 Å². The summed E-state index contributed by atoms with van der Waals surface area (Å²) < 4.78 is 37.3. The maximum atomic E-state index is 12.4. The largest absolute Gasteiger partial charge is 0.480 e. The second-order valence-corrected chi connectivity index (χ2v) is 6.06. The number of benzene rings is 1. The first-order chi connectivity index (χ1) is 12.5. The Kier molecular flexibility index (Phi) is 5.87. The van der Waals surface area contributed by atoms with Gasteiger partial charge in [-0.1, -0.05) is 13.3 Å². The van der Waals surface area contributed by atoms with Gasteiger partial charge in [-0.3, -0.25) is 19.3 Å². The average molecular weight is 386 g/mol. The van der Waals surface area contributed by atoms with Crippen molar-refractivity contribution in [2.75, 3.05) is 6.54 Å². The number of carboxylic acid groups (broad SMARTS) is 1. The molecule has 0 radical (unpaired) electrons. The summed E-state index contributed by atoms with van der Waals surface area (Å²) in [5.74, 6) is -4.01. The summed E-state index contributed by atoms with van der Waals surface area (Å²) in [5, 5.41) is 10.6. The number of hydrogen-bond donors (Lipinski definition) is 2. The smallest absolute Gasteiger partial charge is 0.391 e. The molecule has 7 nitrogen and oxygen atoms in total. The molecule has 1 aliphatic heterocycles. The highest BCUT2D eigenvalue weighted by molar-refractivity contribution is 6.22. The van der Waals surface area contributed by atoms with Crippen LogP contribution in [0.2, 0.25) is 0 Å². The minimum absolute atomic E-state index is 0.0357. The van der Waals surface area contributed by atoms with Crippen molar-refractivity contribution in [3.05, 3.63) is 34.9 Å². The Morgan fingerprint density at radius 3 is 2.37 bits per heavy atom. The molecule has 1 aromatic rings. The first-order valence-electron chi connectivity index (χ1n) is 8.15. The van der Waals surface area contributed by atoms with E-state index in [1.165, 1.54) is 6.07 Å². The highest BCUT2D eigenvalue weighted by atomic mass is 19.4. The van der Waals surface area contributed by atoms with Gasteiger partial charge in [0, 0.05) is 12.1 Å². The van der Waals surface area contributed by atoms with Crippen LogP contribution in [0.25, 0.3) is 0 Å². The molecule has 0 saturated heterocycles. The Hall–Kier alpha value is -2.91. The zero-order chi connectivity index (χ0) is 20.4. The first kappa shape index (κ1) is 20.4. The number of fused-ring (bicyclic) bond motifs is 1. The van der Waals surface area contributed by atoms with Gasteiger partial charge in [0.1, 0.15) is 6.04 Å². The van der Waals surface area contributed by atoms with Crippen LogP contribution in [-0.4, -0.2) is 52.5 Å². The predicted octanol–water partition coefficient (Wildman–Crippen LogP) is 2.22. The van der Waals surface area contributed by atoms with Gasteiger partial charge in [-0.2, -0.15) is 13.2 Å². The van der Waals surface area contributed by atoms with Gasteiger partial charge in [-0.15, -0.1) is 0 Å². The standard InChI is InChI=1S/C17H17F3N2O5/c1-2-3-6-22-14(24)10-5-4-9(7-11(10)15(22)25)13(23)21-12(16(26)27)8-17(18,19)20/h4-5,7,12H,2-3,6,8H2,1H3,(H,21,23)(H,26,27). The number of imide groups is 1. The summed E-state index contributed by atoms with van der Waals surface area (Å²) in [7, 11) is 0. The van der Waals surface area contributed by atoms with E-state index >= 15 is 0 Å². The molecule has 1 aromatic carbocycles. The molecule has 2 rings (SSSR count). The highest BCUT2D eigenvalue weighted by Gasteiger charge is 2.38. The van der Waals surface area contributed by atoms with Crippen molar-refractivity contribution in [1.82, 2.24) is 10.2 Å². The molecule has 1 aliphatic rings. The zero-order valence-corrected chi connectivity index (χ0v) is 14.3. The quantitative estimate of drug-likeness (QED) is 0.700. The number of nitrogens with one attached hydrogen (secondary N) is 1. The SMILES string of the molecule is CCCCN1C(=O)c2ccc(C(=O)NC(CC(F)(F)F)C(=O)O)cc2C1=O. The van der Waals surface area contributed by atoms with E-state index in [-0.39, 0.29) is 23.2 Å². The van der Waals surface area contributed by atoms with Crippen molar-refractivity contribution in [1.29, 1.82) is 0 Å². The zero-order valence-electron chi connectivity index (χ0n) is 14.3. The Balaban J connectivity index is 2.21. The van der Waals surface area contributed by atoms with Crippen molar-refractivity contribution in [3.63, 3.8) is 0 Å². The van der Waals surface area contributed by atoms with Crippen LogP contribution in [0.1, 0.15) is 57.3 Å². The highest BCUT2D eigenvalue weighted by Crippen LogP contribution is 2.25. The van der Waals surface area contributed by atoms with E-state index < -0.39 is 42.3 Å². The Morgan fingerprint density at radius 1 is 1.19 bits per heavy atom. The number of halogens is 3. The molecule has 0 fully saturated rings. The Labute approximate surface area is 152 Å². The van der Waals surface area contributed by atoms with Crippen LogP contribution in [0, 0.1) is 0 Å². The second kappa shape index (κ2) is 7.77. The normalized spacial score (nSPS) is 14.9. The van der Waals surface area contributed by atoms with Gasteiger partial charge in [-0.05, 0) is 24.6 Å². The van der Waals surface area contributed by atoms with Crippen LogP contribution in [0.4, 0.5) is 13.2 Å². The lowest BCUT2D eigenvalue weighted by Crippen LogP contribution is -2.43. The minimum atomic E-state index is -4.78. The molecule has 0 aliphatic carbocycles. The average Bonchev–Trinajstić information content (AvgIpc) is 2.81. The molecule has 2 N–H and O–H groups in total. The maximum Gasteiger partial charge on any atom is 0.391 e. The summed E-state index contributed by atoms with van der Waals surface area (Å²) >= 11 is 0. The van der Waals surface area contributed by atoms with Gasteiger partial charge in [-0.25, -0.2) is 4.79 Å². The monoisotopic (exact) mass is 386 g/mol. The topological polar surface area (TPSA) is 104 Å². The number of rotatable bonds is 7. The predicted molar refractivity (Wildman–Crippen MR) is 86.3 cm³/mol. The van der Waals surface area contributed by atoms with Crippen LogP contribution in [0.5, 0.6) is 0 Å². The molecule has 1 heterocycles. The fraction of sp³-hybridized carbons (Fsp3) is 0.412. The molecule has 3 amide bonds. The number of aliphatic carboxylic acids is 1. The molecule has 27 heavy (non-hydrogen) atoms. The summed E-state index contributed by atoms with van der Waals surface area (Å²) in [6, 6.07) is 1.32. The van der Waals surface area contributed by atoms with Gasteiger partial charge in [0.2, 0.25) is 0 Å². The molecule has 0 bridgehead atoms. The van der Waals surface area contributed by atoms with Gasteiger partial charge in [0.25, 0.3) is 17.7 Å². The molecule has 1 atom stereocenters.